The minimum absolute atomic E-state index is 0.722. The van der Waals surface area contributed by atoms with E-state index in [1.165, 1.54) is 6.33 Å². The maximum absolute atomic E-state index is 4.49. The van der Waals surface area contributed by atoms with Gasteiger partial charge in [-0.05, 0) is 12.1 Å². The van der Waals surface area contributed by atoms with E-state index in [2.05, 4.69) is 30.7 Å². The first-order valence-electron chi connectivity index (χ1n) is 6.36. The molecule has 0 amide bonds. The second-order valence-corrected chi connectivity index (χ2v) is 4.30. The second kappa shape index (κ2) is 5.52. The maximum atomic E-state index is 4.49. The van der Waals surface area contributed by atoms with Gasteiger partial charge < -0.3 is 10.6 Å². The molecule has 2 N–H and O–H groups in total. The van der Waals surface area contributed by atoms with Gasteiger partial charge in [-0.1, -0.05) is 12.1 Å². The highest BCUT2D eigenvalue weighted by Crippen LogP contribution is 2.10. The summed E-state index contributed by atoms with van der Waals surface area (Å²) in [5, 5.41) is 10.4. The quantitative estimate of drug-likeness (QED) is 0.679. The molecule has 0 radical (unpaired) electrons. The Hall–Kier alpha value is -2.70. The lowest BCUT2D eigenvalue weighted by atomic mass is 10.3. The highest BCUT2D eigenvalue weighted by molar-refractivity contribution is 5.75. The van der Waals surface area contributed by atoms with E-state index in [-0.39, 0.29) is 0 Å². The van der Waals surface area contributed by atoms with Crippen molar-refractivity contribution in [3.8, 4) is 0 Å². The molecule has 20 heavy (non-hydrogen) atoms. The lowest BCUT2D eigenvalue weighted by Crippen LogP contribution is -2.16. The molecular weight excluding hydrogens is 254 g/mol. The van der Waals surface area contributed by atoms with Crippen LogP contribution in [0, 0.1) is 0 Å². The monoisotopic (exact) mass is 269 g/mol. The first kappa shape index (κ1) is 12.3. The van der Waals surface area contributed by atoms with Gasteiger partial charge in [0.25, 0.3) is 0 Å². The zero-order valence-corrected chi connectivity index (χ0v) is 11.1. The Balaban J connectivity index is 1.56. The Labute approximate surface area is 116 Å². The molecule has 0 saturated heterocycles. The highest BCUT2D eigenvalue weighted by atomic mass is 15.4. The van der Waals surface area contributed by atoms with Crippen molar-refractivity contribution in [1.29, 1.82) is 0 Å². The van der Waals surface area contributed by atoms with Gasteiger partial charge in [-0.2, -0.15) is 10.1 Å². The molecule has 0 unspecified atom stereocenters. The van der Waals surface area contributed by atoms with Gasteiger partial charge in [-0.25, -0.2) is 9.67 Å². The van der Waals surface area contributed by atoms with E-state index in [4.69, 9.17) is 0 Å². The van der Waals surface area contributed by atoms with Crippen LogP contribution >= 0.6 is 0 Å². The van der Waals surface area contributed by atoms with Crippen LogP contribution in [0.25, 0.3) is 11.0 Å². The van der Waals surface area contributed by atoms with Crippen LogP contribution in [-0.4, -0.2) is 37.8 Å². The van der Waals surface area contributed by atoms with Gasteiger partial charge in [0.1, 0.15) is 12.1 Å². The average molecular weight is 269 g/mol. The minimum Gasteiger partial charge on any atom is -0.367 e. The van der Waals surface area contributed by atoms with Gasteiger partial charge in [0.05, 0.1) is 17.2 Å². The summed E-state index contributed by atoms with van der Waals surface area (Å²) < 4.78 is 1.69. The Morgan fingerprint density at radius 2 is 1.85 bits per heavy atom. The van der Waals surface area contributed by atoms with Gasteiger partial charge in [-0.3, -0.25) is 4.98 Å². The molecule has 0 bridgehead atoms. The molecule has 0 atom stereocenters. The Morgan fingerprint density at radius 1 is 1.05 bits per heavy atom. The summed E-state index contributed by atoms with van der Waals surface area (Å²) in [6.45, 7) is 1.45. The normalized spacial score (nSPS) is 10.7. The summed E-state index contributed by atoms with van der Waals surface area (Å²) in [5.41, 5.74) is 1.79. The van der Waals surface area contributed by atoms with Crippen molar-refractivity contribution in [2.75, 3.05) is 23.7 Å². The van der Waals surface area contributed by atoms with E-state index in [1.54, 1.807) is 10.9 Å². The van der Waals surface area contributed by atoms with E-state index in [9.17, 15) is 0 Å². The number of nitrogens with zero attached hydrogens (tertiary/aromatic N) is 5. The van der Waals surface area contributed by atoms with Crippen LogP contribution in [0.1, 0.15) is 0 Å². The van der Waals surface area contributed by atoms with Crippen LogP contribution in [0.4, 0.5) is 11.8 Å². The molecule has 0 spiro atoms. The number of benzene rings is 1. The standard InChI is InChI=1S/C13H15N7/c1-20-13(17-9-18-20)15-7-6-14-12-8-16-10-4-2-3-5-11(10)19-12/h2-5,8-9H,6-7H2,1H3,(H,14,19)(H,15,17,18). The molecule has 0 fully saturated rings. The van der Waals surface area contributed by atoms with Crippen molar-refractivity contribution in [2.45, 2.75) is 0 Å². The number of hydrogen-bond acceptors (Lipinski definition) is 6. The molecule has 0 aliphatic carbocycles. The third-order valence-electron chi connectivity index (χ3n) is 2.87. The highest BCUT2D eigenvalue weighted by Gasteiger charge is 2.00. The zero-order chi connectivity index (χ0) is 13.8. The molecule has 7 nitrogen and oxygen atoms in total. The van der Waals surface area contributed by atoms with Crippen molar-refractivity contribution >= 4 is 22.8 Å². The SMILES string of the molecule is Cn1ncnc1NCCNc1cnc2ccccc2n1. The van der Waals surface area contributed by atoms with Crippen LogP contribution < -0.4 is 10.6 Å². The third kappa shape index (κ3) is 2.66. The Kier molecular flexibility index (Phi) is 3.40. The number of anilines is 2. The lowest BCUT2D eigenvalue weighted by molar-refractivity contribution is 0.767. The smallest absolute Gasteiger partial charge is 0.220 e. The Morgan fingerprint density at radius 3 is 2.65 bits per heavy atom. The fourth-order valence-corrected chi connectivity index (χ4v) is 1.86. The predicted molar refractivity (Wildman–Crippen MR) is 77.5 cm³/mol. The lowest BCUT2D eigenvalue weighted by Gasteiger charge is -2.07. The number of hydrogen-bond donors (Lipinski definition) is 2. The molecule has 0 aliphatic heterocycles. The van der Waals surface area contributed by atoms with Gasteiger partial charge in [0.2, 0.25) is 5.95 Å². The van der Waals surface area contributed by atoms with Gasteiger partial charge >= 0.3 is 0 Å². The summed E-state index contributed by atoms with van der Waals surface area (Å²) in [4.78, 5) is 12.9. The molecule has 0 aliphatic rings. The molecule has 7 heteroatoms. The van der Waals surface area contributed by atoms with Gasteiger partial charge in [-0.15, -0.1) is 0 Å². The predicted octanol–water partition coefficient (Wildman–Crippen LogP) is 1.28. The van der Waals surface area contributed by atoms with Crippen molar-refractivity contribution in [1.82, 2.24) is 24.7 Å². The van der Waals surface area contributed by atoms with Crippen molar-refractivity contribution in [3.63, 3.8) is 0 Å². The summed E-state index contributed by atoms with van der Waals surface area (Å²) in [6, 6.07) is 7.80. The number of nitrogens with one attached hydrogen (secondary N) is 2. The van der Waals surface area contributed by atoms with Crippen LogP contribution in [0.5, 0.6) is 0 Å². The summed E-state index contributed by atoms with van der Waals surface area (Å²) in [6.07, 6.45) is 3.26. The van der Waals surface area contributed by atoms with Crippen LogP contribution in [0.3, 0.4) is 0 Å². The summed E-state index contributed by atoms with van der Waals surface area (Å²) >= 11 is 0. The number of rotatable bonds is 5. The number of aryl methyl sites for hydroxylation is 1. The fourth-order valence-electron chi connectivity index (χ4n) is 1.86. The minimum atomic E-state index is 0.722. The second-order valence-electron chi connectivity index (χ2n) is 4.30. The molecular formula is C13H15N7. The van der Waals surface area contributed by atoms with Crippen LogP contribution in [0.15, 0.2) is 36.8 Å². The number of aromatic nitrogens is 5. The third-order valence-corrected chi connectivity index (χ3v) is 2.87. The first-order chi connectivity index (χ1) is 9.83. The van der Waals surface area contributed by atoms with E-state index < -0.39 is 0 Å². The first-order valence-corrected chi connectivity index (χ1v) is 6.36. The molecule has 2 heterocycles. The number of para-hydroxylation sites is 2. The van der Waals surface area contributed by atoms with Gasteiger partial charge in [0.15, 0.2) is 0 Å². The zero-order valence-electron chi connectivity index (χ0n) is 11.1. The molecule has 2 aromatic heterocycles. The fraction of sp³-hybridized carbons (Fsp3) is 0.231. The van der Waals surface area contributed by atoms with E-state index in [1.807, 2.05) is 31.3 Å². The van der Waals surface area contributed by atoms with E-state index in [0.29, 0.717) is 0 Å². The summed E-state index contributed by atoms with van der Waals surface area (Å²) in [5.74, 6) is 1.51. The molecule has 102 valence electrons. The largest absolute Gasteiger partial charge is 0.367 e. The van der Waals surface area contributed by atoms with Crippen LogP contribution in [0.2, 0.25) is 0 Å². The average Bonchev–Trinajstić information content (AvgIpc) is 2.89. The molecule has 0 saturated carbocycles. The maximum Gasteiger partial charge on any atom is 0.220 e. The topological polar surface area (TPSA) is 80.5 Å². The van der Waals surface area contributed by atoms with Crippen molar-refractivity contribution in [3.05, 3.63) is 36.8 Å². The summed E-state index contributed by atoms with van der Waals surface area (Å²) in [7, 11) is 1.84. The van der Waals surface area contributed by atoms with Crippen molar-refractivity contribution in [2.24, 2.45) is 7.05 Å². The van der Waals surface area contributed by atoms with E-state index in [0.717, 1.165) is 35.9 Å². The van der Waals surface area contributed by atoms with E-state index >= 15 is 0 Å². The molecule has 3 aromatic rings. The van der Waals surface area contributed by atoms with Gasteiger partial charge in [0, 0.05) is 20.1 Å². The van der Waals surface area contributed by atoms with Crippen molar-refractivity contribution < 1.29 is 0 Å². The molecule has 3 rings (SSSR count). The van der Waals surface area contributed by atoms with Crippen LogP contribution in [-0.2, 0) is 7.05 Å². The number of fused-ring (bicyclic) bond motifs is 1. The molecule has 1 aromatic carbocycles. The Bertz CT molecular complexity index is 707.